The lowest BCUT2D eigenvalue weighted by molar-refractivity contribution is 0.573. The Morgan fingerprint density at radius 2 is 2.16 bits per heavy atom. The van der Waals surface area contributed by atoms with Gasteiger partial charge in [0, 0.05) is 25.4 Å². The van der Waals surface area contributed by atoms with E-state index in [9.17, 15) is 0 Å². The normalized spacial score (nSPS) is 11.1. The van der Waals surface area contributed by atoms with Crippen LogP contribution in [0.5, 0.6) is 0 Å². The minimum atomic E-state index is 0.624. The predicted molar refractivity (Wildman–Crippen MR) is 87.9 cm³/mol. The van der Waals surface area contributed by atoms with Gasteiger partial charge in [-0.25, -0.2) is 0 Å². The number of anilines is 1. The van der Waals surface area contributed by atoms with E-state index < -0.39 is 0 Å². The second kappa shape index (κ2) is 6.81. The van der Waals surface area contributed by atoms with Gasteiger partial charge in [-0.3, -0.25) is 0 Å². The van der Waals surface area contributed by atoms with Crippen LogP contribution in [0.15, 0.2) is 25.6 Å². The lowest BCUT2D eigenvalue weighted by atomic mass is 10.4. The summed E-state index contributed by atoms with van der Waals surface area (Å²) in [5.74, 6) is 3.05. The number of furan rings is 1. The maximum absolute atomic E-state index is 5.84. The summed E-state index contributed by atoms with van der Waals surface area (Å²) in [5.41, 5.74) is 1.30. The molecular weight excluding hydrogens is 346 g/mol. The molecule has 0 N–H and O–H groups in total. The number of nitrogens with zero attached hydrogens (tertiary/aromatic N) is 1. The molecule has 0 bridgehead atoms. The number of rotatable bonds is 6. The first kappa shape index (κ1) is 14.9. The van der Waals surface area contributed by atoms with E-state index in [0.717, 1.165) is 22.7 Å². The van der Waals surface area contributed by atoms with Crippen molar-refractivity contribution in [3.05, 3.63) is 21.3 Å². The van der Waals surface area contributed by atoms with Gasteiger partial charge in [0.05, 0.1) is 8.98 Å². The molecule has 0 unspecified atom stereocenters. The van der Waals surface area contributed by atoms with Gasteiger partial charge >= 0.3 is 0 Å². The summed E-state index contributed by atoms with van der Waals surface area (Å²) in [6, 6.07) is 1.85. The summed E-state index contributed by atoms with van der Waals surface area (Å²) >= 11 is 10.7. The van der Waals surface area contributed by atoms with Crippen LogP contribution in [0, 0.1) is 4.51 Å². The van der Waals surface area contributed by atoms with E-state index in [1.54, 1.807) is 6.26 Å². The number of halogens is 1. The Morgan fingerprint density at radius 3 is 2.89 bits per heavy atom. The topological polar surface area (TPSA) is 29.5 Å². The van der Waals surface area contributed by atoms with Crippen molar-refractivity contribution in [2.45, 2.75) is 13.3 Å². The maximum atomic E-state index is 5.84. The molecule has 0 fully saturated rings. The highest BCUT2D eigenvalue weighted by molar-refractivity contribution is 9.10. The van der Waals surface area contributed by atoms with Crippen LogP contribution in [0.1, 0.15) is 13.3 Å². The molecule has 2 aromatic heterocycles. The Balaban J connectivity index is 2.15. The van der Waals surface area contributed by atoms with Crippen LogP contribution in [0.2, 0.25) is 0 Å². The molecule has 104 valence electrons. The van der Waals surface area contributed by atoms with Crippen molar-refractivity contribution in [1.29, 1.82) is 0 Å². The van der Waals surface area contributed by atoms with Gasteiger partial charge in [0.15, 0.2) is 17.1 Å². The summed E-state index contributed by atoms with van der Waals surface area (Å²) < 4.78 is 12.7. The Bertz CT molecular complexity index is 608. The van der Waals surface area contributed by atoms with Crippen LogP contribution in [0.4, 0.5) is 5.88 Å². The number of thioether (sulfide) groups is 1. The van der Waals surface area contributed by atoms with Gasteiger partial charge in [0.25, 0.3) is 0 Å². The maximum Gasteiger partial charge on any atom is 0.197 e. The molecule has 6 heteroatoms. The lowest BCUT2D eigenvalue weighted by Gasteiger charge is -2.17. The highest BCUT2D eigenvalue weighted by Crippen LogP contribution is 2.30. The first-order valence-corrected chi connectivity index (χ1v) is 8.48. The second-order valence-corrected chi connectivity index (χ2v) is 6.74. The molecule has 0 saturated heterocycles. The molecule has 0 aromatic carbocycles. The quantitative estimate of drug-likeness (QED) is 0.527. The van der Waals surface area contributed by atoms with E-state index >= 15 is 0 Å². The van der Waals surface area contributed by atoms with E-state index in [4.69, 9.17) is 21.1 Å². The zero-order valence-corrected chi connectivity index (χ0v) is 14.2. The van der Waals surface area contributed by atoms with Crippen LogP contribution < -0.4 is 4.90 Å². The Labute approximate surface area is 130 Å². The number of hydrogen-bond acceptors (Lipinski definition) is 5. The summed E-state index contributed by atoms with van der Waals surface area (Å²) in [6.07, 6.45) is 2.81. The molecule has 0 aliphatic heterocycles. The molecule has 3 nitrogen and oxygen atoms in total. The third-order valence-electron chi connectivity index (χ3n) is 2.68. The molecule has 2 heterocycles. The highest BCUT2D eigenvalue weighted by atomic mass is 79.9. The zero-order chi connectivity index (χ0) is 13.8. The molecule has 2 aromatic rings. The average Bonchev–Trinajstić information content (AvgIpc) is 2.77. The van der Waals surface area contributed by atoms with Crippen molar-refractivity contribution in [3.63, 3.8) is 0 Å². The Morgan fingerprint density at radius 1 is 1.37 bits per heavy atom. The van der Waals surface area contributed by atoms with Crippen molar-refractivity contribution in [1.82, 2.24) is 0 Å². The smallest absolute Gasteiger partial charge is 0.197 e. The van der Waals surface area contributed by atoms with Gasteiger partial charge in [0.1, 0.15) is 6.26 Å². The minimum Gasteiger partial charge on any atom is -0.458 e. The summed E-state index contributed by atoms with van der Waals surface area (Å²) in [7, 11) is 2.01. The molecule has 0 spiro atoms. The van der Waals surface area contributed by atoms with Crippen LogP contribution in [-0.2, 0) is 0 Å². The van der Waals surface area contributed by atoms with Gasteiger partial charge in [-0.2, -0.15) is 11.8 Å². The molecule has 2 rings (SSSR count). The van der Waals surface area contributed by atoms with E-state index in [-0.39, 0.29) is 0 Å². The minimum absolute atomic E-state index is 0.624. The monoisotopic (exact) mass is 361 g/mol. The standard InChI is InChI=1S/C13H16BrNO2S2/c1-3-5-19-6-4-15(2)11-7-10(18)13-12(17-11)9(14)8-16-13/h7-8H,3-6H2,1-2H3. The molecule has 19 heavy (non-hydrogen) atoms. The fraction of sp³-hybridized carbons (Fsp3) is 0.462. The molecule has 0 aliphatic rings. The van der Waals surface area contributed by atoms with Crippen molar-refractivity contribution < 1.29 is 8.83 Å². The second-order valence-electron chi connectivity index (χ2n) is 4.22. The van der Waals surface area contributed by atoms with Gasteiger partial charge in [-0.15, -0.1) is 0 Å². The summed E-state index contributed by atoms with van der Waals surface area (Å²) in [5, 5.41) is 0. The van der Waals surface area contributed by atoms with E-state index in [0.29, 0.717) is 15.7 Å². The van der Waals surface area contributed by atoms with Gasteiger partial charge < -0.3 is 13.7 Å². The molecule has 0 saturated carbocycles. The van der Waals surface area contributed by atoms with Gasteiger partial charge in [0.2, 0.25) is 0 Å². The van der Waals surface area contributed by atoms with Crippen molar-refractivity contribution >= 4 is 57.0 Å². The zero-order valence-electron chi connectivity index (χ0n) is 10.9. The average molecular weight is 362 g/mol. The lowest BCUT2D eigenvalue weighted by Crippen LogP contribution is -2.20. The Kier molecular flexibility index (Phi) is 5.36. The molecular formula is C13H16BrNO2S2. The molecule has 0 atom stereocenters. The first-order valence-electron chi connectivity index (χ1n) is 6.13. The first-order chi connectivity index (χ1) is 9.13. The van der Waals surface area contributed by atoms with Crippen LogP contribution in [0.3, 0.4) is 0 Å². The summed E-state index contributed by atoms with van der Waals surface area (Å²) in [4.78, 5) is 2.08. The van der Waals surface area contributed by atoms with E-state index in [1.807, 2.05) is 24.9 Å². The molecule has 0 amide bonds. The third kappa shape index (κ3) is 3.55. The van der Waals surface area contributed by atoms with Crippen LogP contribution in [-0.4, -0.2) is 25.1 Å². The largest absolute Gasteiger partial charge is 0.458 e. The molecule has 0 aliphatic carbocycles. The van der Waals surface area contributed by atoms with Crippen LogP contribution >= 0.6 is 39.9 Å². The van der Waals surface area contributed by atoms with Crippen LogP contribution in [0.25, 0.3) is 11.2 Å². The Hall–Kier alpha value is -0.460. The van der Waals surface area contributed by atoms with Gasteiger partial charge in [-0.05, 0) is 28.1 Å². The molecule has 0 radical (unpaired) electrons. The SMILES string of the molecule is CCCSCCN(C)c1cc(=S)c2occ(Br)c2o1. The van der Waals surface area contributed by atoms with E-state index in [1.165, 1.54) is 12.2 Å². The number of hydrogen-bond donors (Lipinski definition) is 0. The van der Waals surface area contributed by atoms with Crippen molar-refractivity contribution in [2.75, 3.05) is 30.0 Å². The fourth-order valence-electron chi connectivity index (χ4n) is 1.65. The highest BCUT2D eigenvalue weighted by Gasteiger charge is 2.12. The number of fused-ring (bicyclic) bond motifs is 1. The fourth-order valence-corrected chi connectivity index (χ4v) is 3.14. The van der Waals surface area contributed by atoms with Crippen molar-refractivity contribution in [3.8, 4) is 0 Å². The summed E-state index contributed by atoms with van der Waals surface area (Å²) in [6.45, 7) is 3.13. The third-order valence-corrected chi connectivity index (χ3v) is 4.70. The van der Waals surface area contributed by atoms with E-state index in [2.05, 4.69) is 27.8 Å². The van der Waals surface area contributed by atoms with Crippen molar-refractivity contribution in [2.24, 2.45) is 0 Å². The predicted octanol–water partition coefficient (Wildman–Crippen LogP) is 5.10. The van der Waals surface area contributed by atoms with Gasteiger partial charge in [-0.1, -0.05) is 19.1 Å².